The van der Waals surface area contributed by atoms with Gasteiger partial charge in [0.15, 0.2) is 5.82 Å². The van der Waals surface area contributed by atoms with Crippen molar-refractivity contribution in [3.63, 3.8) is 0 Å². The van der Waals surface area contributed by atoms with Gasteiger partial charge >= 0.3 is 6.18 Å². The zero-order valence-corrected chi connectivity index (χ0v) is 19.0. The molecule has 2 N–H and O–H groups in total. The van der Waals surface area contributed by atoms with Crippen LogP contribution in [-0.2, 0) is 22.2 Å². The monoisotopic (exact) mass is 501 g/mol. The number of allylic oxidation sites excluding steroid dienone is 3. The first-order valence-corrected chi connectivity index (χ1v) is 11.2. The maximum absolute atomic E-state index is 12.6. The minimum Gasteiger partial charge on any atom is -0.368 e. The Morgan fingerprint density at radius 2 is 1.97 bits per heavy atom. The molecule has 188 valence electrons. The number of nitrogens with zero attached hydrogens (tertiary/aromatic N) is 5. The van der Waals surface area contributed by atoms with Crippen LogP contribution in [0.15, 0.2) is 68.8 Å². The average molecular weight is 501 g/mol. The molecule has 1 unspecified atom stereocenters. The summed E-state index contributed by atoms with van der Waals surface area (Å²) in [6.45, 7) is 0.993. The van der Waals surface area contributed by atoms with E-state index in [-0.39, 0.29) is 35.6 Å². The molecule has 2 aromatic heterocycles. The number of fused-ring (bicyclic) bond motifs is 1. The van der Waals surface area contributed by atoms with E-state index in [0.717, 1.165) is 11.6 Å². The Balaban J connectivity index is 1.13. The van der Waals surface area contributed by atoms with E-state index in [1.165, 1.54) is 6.07 Å². The van der Waals surface area contributed by atoms with Gasteiger partial charge in [0.25, 0.3) is 5.91 Å². The van der Waals surface area contributed by atoms with Crippen molar-refractivity contribution in [2.45, 2.75) is 31.9 Å². The Morgan fingerprint density at radius 3 is 2.75 bits per heavy atom. The summed E-state index contributed by atoms with van der Waals surface area (Å²) in [6.07, 6.45) is 5.17. The molecule has 2 aromatic rings. The SMILES string of the molecule is O=C(CCCc1nc(-c2ccc(C(F)(F)F)cn2)no1)NCCCNC1=C2C=CC=CC2C(=O)N=N1. The number of hydrogen-bond donors (Lipinski definition) is 2. The lowest BCUT2D eigenvalue weighted by atomic mass is 9.93. The minimum atomic E-state index is -4.47. The number of amides is 2. The second kappa shape index (κ2) is 11.1. The summed E-state index contributed by atoms with van der Waals surface area (Å²) in [5.41, 5.74) is 0.0753. The Kier molecular flexibility index (Phi) is 7.66. The lowest BCUT2D eigenvalue weighted by Gasteiger charge is -2.20. The van der Waals surface area contributed by atoms with Crippen molar-refractivity contribution in [2.75, 3.05) is 13.1 Å². The number of rotatable bonds is 10. The normalized spacial score (nSPS) is 16.9. The molecular weight excluding hydrogens is 479 g/mol. The van der Waals surface area contributed by atoms with Crippen LogP contribution >= 0.6 is 0 Å². The van der Waals surface area contributed by atoms with Crippen molar-refractivity contribution in [3.8, 4) is 11.5 Å². The van der Waals surface area contributed by atoms with Gasteiger partial charge in [-0.25, -0.2) is 0 Å². The first-order valence-electron chi connectivity index (χ1n) is 11.2. The van der Waals surface area contributed by atoms with Gasteiger partial charge in [-0.3, -0.25) is 14.6 Å². The largest absolute Gasteiger partial charge is 0.417 e. The van der Waals surface area contributed by atoms with Gasteiger partial charge < -0.3 is 15.2 Å². The summed E-state index contributed by atoms with van der Waals surface area (Å²) >= 11 is 0. The molecule has 4 rings (SSSR count). The highest BCUT2D eigenvalue weighted by Gasteiger charge is 2.31. The van der Waals surface area contributed by atoms with Gasteiger partial charge in [0, 0.05) is 37.7 Å². The standard InChI is InChI=1S/C23H22F3N7O3/c24-23(25,26)14-9-10-17(29-13-14)21-30-19(36-33-21)8-3-7-18(34)27-11-4-12-28-20-15-5-1-2-6-16(15)22(35)32-31-20/h1-2,5-6,9-10,13,16,28H,3-4,7-8,11-12H2,(H,27,34). The fourth-order valence-corrected chi connectivity index (χ4v) is 3.51. The summed E-state index contributed by atoms with van der Waals surface area (Å²) in [6, 6.07) is 2.08. The van der Waals surface area contributed by atoms with E-state index >= 15 is 0 Å². The molecule has 36 heavy (non-hydrogen) atoms. The lowest BCUT2D eigenvalue weighted by molar-refractivity contribution is -0.137. The smallest absolute Gasteiger partial charge is 0.368 e. The first kappa shape index (κ1) is 24.9. The van der Waals surface area contributed by atoms with Crippen LogP contribution < -0.4 is 10.6 Å². The third kappa shape index (κ3) is 6.29. The molecule has 10 nitrogen and oxygen atoms in total. The highest BCUT2D eigenvalue weighted by molar-refractivity contribution is 5.86. The van der Waals surface area contributed by atoms with E-state index in [0.29, 0.717) is 44.4 Å². The van der Waals surface area contributed by atoms with Crippen LogP contribution in [-0.4, -0.2) is 40.0 Å². The van der Waals surface area contributed by atoms with Crippen LogP contribution in [0.25, 0.3) is 11.5 Å². The number of alkyl halides is 3. The molecule has 1 aliphatic carbocycles. The van der Waals surface area contributed by atoms with Gasteiger partial charge in [-0.15, -0.1) is 10.2 Å². The molecule has 0 saturated carbocycles. The number of aromatic nitrogens is 3. The number of aryl methyl sites for hydroxylation is 1. The molecule has 0 fully saturated rings. The molecule has 2 aliphatic rings. The molecule has 13 heteroatoms. The number of hydrogen-bond acceptors (Lipinski definition) is 8. The average Bonchev–Trinajstić information content (AvgIpc) is 3.34. The number of nitrogens with one attached hydrogen (secondary N) is 2. The van der Waals surface area contributed by atoms with Crippen LogP contribution in [0.5, 0.6) is 0 Å². The molecule has 0 bridgehead atoms. The van der Waals surface area contributed by atoms with E-state index in [1.54, 1.807) is 12.2 Å². The van der Waals surface area contributed by atoms with Crippen molar-refractivity contribution in [1.29, 1.82) is 0 Å². The Bertz CT molecular complexity index is 1230. The summed E-state index contributed by atoms with van der Waals surface area (Å²) in [5.74, 6) is 0.0663. The quantitative estimate of drug-likeness (QED) is 0.476. The molecule has 0 saturated heterocycles. The predicted octanol–water partition coefficient (Wildman–Crippen LogP) is 3.52. The highest BCUT2D eigenvalue weighted by atomic mass is 19.4. The van der Waals surface area contributed by atoms with E-state index in [2.05, 4.69) is 36.0 Å². The van der Waals surface area contributed by atoms with Gasteiger partial charge in [-0.2, -0.15) is 18.2 Å². The number of pyridine rings is 1. The second-order valence-corrected chi connectivity index (χ2v) is 7.99. The molecule has 0 spiro atoms. The van der Waals surface area contributed by atoms with E-state index in [9.17, 15) is 22.8 Å². The number of carbonyl (C=O) groups excluding carboxylic acids is 2. The lowest BCUT2D eigenvalue weighted by Crippen LogP contribution is -2.28. The van der Waals surface area contributed by atoms with E-state index < -0.39 is 17.7 Å². The molecule has 1 atom stereocenters. The maximum Gasteiger partial charge on any atom is 0.417 e. The van der Waals surface area contributed by atoms with Gasteiger partial charge in [0.05, 0.1) is 11.5 Å². The van der Waals surface area contributed by atoms with E-state index in [1.807, 2.05) is 12.2 Å². The number of halogens is 3. The van der Waals surface area contributed by atoms with Crippen molar-refractivity contribution < 1.29 is 27.3 Å². The van der Waals surface area contributed by atoms with Crippen LogP contribution in [0.4, 0.5) is 13.2 Å². The zero-order valence-electron chi connectivity index (χ0n) is 19.0. The summed E-state index contributed by atoms with van der Waals surface area (Å²) in [7, 11) is 0. The van der Waals surface area contributed by atoms with Gasteiger partial charge in [0.2, 0.25) is 17.6 Å². The molecule has 0 aromatic carbocycles. The Labute approximate surface area is 203 Å². The van der Waals surface area contributed by atoms with Crippen molar-refractivity contribution in [1.82, 2.24) is 25.8 Å². The fourth-order valence-electron chi connectivity index (χ4n) is 3.51. The third-order valence-corrected chi connectivity index (χ3v) is 5.36. The number of azo groups is 1. The maximum atomic E-state index is 12.6. The predicted molar refractivity (Wildman–Crippen MR) is 120 cm³/mol. The van der Waals surface area contributed by atoms with Crippen molar-refractivity contribution in [2.24, 2.45) is 16.1 Å². The fraction of sp³-hybridized carbons (Fsp3) is 0.348. The molecule has 3 heterocycles. The summed E-state index contributed by atoms with van der Waals surface area (Å²) < 4.78 is 43.0. The van der Waals surface area contributed by atoms with Crippen LogP contribution in [0, 0.1) is 5.92 Å². The van der Waals surface area contributed by atoms with Crippen LogP contribution in [0.3, 0.4) is 0 Å². The van der Waals surface area contributed by atoms with Crippen LogP contribution in [0.2, 0.25) is 0 Å². The molecule has 1 aliphatic heterocycles. The van der Waals surface area contributed by atoms with Crippen LogP contribution in [0.1, 0.15) is 30.7 Å². The minimum absolute atomic E-state index is 0.0830. The Hall–Kier alpha value is -4.16. The van der Waals surface area contributed by atoms with Gasteiger partial charge in [-0.1, -0.05) is 29.5 Å². The number of carbonyl (C=O) groups is 2. The van der Waals surface area contributed by atoms with E-state index in [4.69, 9.17) is 4.52 Å². The highest BCUT2D eigenvalue weighted by Crippen LogP contribution is 2.29. The summed E-state index contributed by atoms with van der Waals surface area (Å²) in [4.78, 5) is 31.7. The van der Waals surface area contributed by atoms with Crippen molar-refractivity contribution >= 4 is 11.8 Å². The van der Waals surface area contributed by atoms with Crippen molar-refractivity contribution in [3.05, 3.63) is 65.5 Å². The molecule has 2 amide bonds. The topological polar surface area (TPSA) is 135 Å². The van der Waals surface area contributed by atoms with Gasteiger partial charge in [-0.05, 0) is 25.0 Å². The Morgan fingerprint density at radius 1 is 1.11 bits per heavy atom. The summed E-state index contributed by atoms with van der Waals surface area (Å²) in [5, 5.41) is 17.3. The second-order valence-electron chi connectivity index (χ2n) is 7.99. The van der Waals surface area contributed by atoms with Gasteiger partial charge in [0.1, 0.15) is 5.69 Å². The molecular formula is C23H22F3N7O3. The third-order valence-electron chi connectivity index (χ3n) is 5.36. The zero-order chi connectivity index (χ0) is 25.5. The molecule has 0 radical (unpaired) electrons. The first-order chi connectivity index (χ1) is 17.3.